The summed E-state index contributed by atoms with van der Waals surface area (Å²) in [5.74, 6) is -1.03. The fourth-order valence-corrected chi connectivity index (χ4v) is 2.59. The van der Waals surface area contributed by atoms with E-state index in [0.29, 0.717) is 0 Å². The summed E-state index contributed by atoms with van der Waals surface area (Å²) in [7, 11) is 0. The quantitative estimate of drug-likeness (QED) is 0.228. The molecule has 2 N–H and O–H groups in total. The predicted molar refractivity (Wildman–Crippen MR) is 99.4 cm³/mol. The van der Waals surface area contributed by atoms with Crippen LogP contribution in [0.1, 0.15) is 20.1 Å². The van der Waals surface area contributed by atoms with E-state index in [4.69, 9.17) is 35.3 Å². The molecule has 13 nitrogen and oxygen atoms in total. The van der Waals surface area contributed by atoms with E-state index in [9.17, 15) is 24.3 Å². The predicted octanol–water partition coefficient (Wildman–Crippen LogP) is -1.67. The molecule has 2 rings (SSSR count). The maximum Gasteiger partial charge on any atom is 0.330 e. The molecule has 31 heavy (non-hydrogen) atoms. The van der Waals surface area contributed by atoms with E-state index < -0.39 is 54.2 Å². The Labute approximate surface area is 176 Å². The second-order valence-electron chi connectivity index (χ2n) is 6.31. The summed E-state index contributed by atoms with van der Waals surface area (Å²) < 4.78 is 32.3. The highest BCUT2D eigenvalue weighted by Gasteiger charge is 2.45. The normalized spacial score (nSPS) is 23.1. The molecule has 1 fully saturated rings. The summed E-state index contributed by atoms with van der Waals surface area (Å²) >= 11 is 0. The summed E-state index contributed by atoms with van der Waals surface area (Å²) in [6, 6.07) is 1.08. The number of carbonyl (C=O) groups excluding carboxylic acids is 2. The molecule has 0 amide bonds. The van der Waals surface area contributed by atoms with Crippen LogP contribution in [0.2, 0.25) is 0 Å². The van der Waals surface area contributed by atoms with Crippen molar-refractivity contribution in [2.45, 2.75) is 44.9 Å². The van der Waals surface area contributed by atoms with Gasteiger partial charge < -0.3 is 33.5 Å². The third kappa shape index (κ3) is 7.56. The number of hydrogen-bond acceptors (Lipinski definition) is 11. The molecule has 172 valence electrons. The Balaban J connectivity index is 2.10. The van der Waals surface area contributed by atoms with Crippen LogP contribution < -0.4 is 11.2 Å². The fraction of sp³-hybridized carbons (Fsp3) is 0.611. The van der Waals surface area contributed by atoms with Gasteiger partial charge in [-0.15, -0.1) is 0 Å². The molecular formula is C18H24N2O11. The molecule has 1 aromatic rings. The van der Waals surface area contributed by atoms with Crippen LogP contribution in [0.5, 0.6) is 0 Å². The van der Waals surface area contributed by atoms with Crippen LogP contribution in [0, 0.1) is 6.92 Å². The maximum atomic E-state index is 12.1. The van der Waals surface area contributed by atoms with E-state index in [1.165, 1.54) is 13.8 Å². The number of aromatic nitrogens is 2. The lowest BCUT2D eigenvalue weighted by atomic mass is 10.1. The number of aliphatic hydroxyl groups excluding tert-OH is 1. The van der Waals surface area contributed by atoms with Crippen molar-refractivity contribution >= 4 is 11.9 Å². The van der Waals surface area contributed by atoms with Crippen molar-refractivity contribution in [1.82, 2.24) is 9.55 Å². The summed E-state index contributed by atoms with van der Waals surface area (Å²) in [5, 5.41) is 10.4. The van der Waals surface area contributed by atoms with E-state index in [2.05, 4.69) is 4.98 Å². The highest BCUT2D eigenvalue weighted by molar-refractivity contribution is 5.66. The van der Waals surface area contributed by atoms with Crippen LogP contribution in [0.25, 0.3) is 0 Å². The van der Waals surface area contributed by atoms with Gasteiger partial charge in [0, 0.05) is 26.1 Å². The zero-order valence-corrected chi connectivity index (χ0v) is 16.9. The number of hydrogen-bond donors (Lipinski definition) is 2. The van der Waals surface area contributed by atoms with Gasteiger partial charge in [0.05, 0.1) is 19.3 Å². The number of esters is 2. The minimum Gasteiger partial charge on any atom is -0.463 e. The third-order valence-corrected chi connectivity index (χ3v) is 3.93. The lowest BCUT2D eigenvalue weighted by Gasteiger charge is -2.27. The number of ether oxygens (including phenoxy) is 6. The zero-order chi connectivity index (χ0) is 23.0. The topological polar surface area (TPSA) is 165 Å². The van der Waals surface area contributed by atoms with E-state index in [-0.39, 0.29) is 26.4 Å². The van der Waals surface area contributed by atoms with Crippen molar-refractivity contribution in [2.24, 2.45) is 0 Å². The van der Waals surface area contributed by atoms with E-state index in [1.54, 1.807) is 0 Å². The molecule has 2 heterocycles. The molecule has 0 saturated carbocycles. The minimum absolute atomic E-state index is 0.103. The standard InChI is InChI=1S/C18H24N2O11/c1-10-14(24)15(16(30-10)20-5-4-13(23)19-17(20)25)31-18(28-8-6-26-11(2)21)29-9-7-27-12(3)22/h1,4-5,10,14-16,18,24H,6-9H2,2-3H3,(H,19,23,25)/t10-,14+,15?,16-/m1/s1. The van der Waals surface area contributed by atoms with Crippen molar-refractivity contribution in [3.05, 3.63) is 40.0 Å². The first-order chi connectivity index (χ1) is 14.7. The minimum atomic E-state index is -1.43. The van der Waals surface area contributed by atoms with Gasteiger partial charge in [-0.25, -0.2) is 4.79 Å². The highest BCUT2D eigenvalue weighted by atomic mass is 16.9. The van der Waals surface area contributed by atoms with Gasteiger partial charge in [-0.1, -0.05) is 0 Å². The Kier molecular flexibility index (Phi) is 9.33. The number of aromatic amines is 1. The Morgan fingerprint density at radius 1 is 1.16 bits per heavy atom. The molecule has 2 radical (unpaired) electrons. The molecule has 0 spiro atoms. The average molecular weight is 444 g/mol. The third-order valence-electron chi connectivity index (χ3n) is 3.93. The molecule has 1 aliphatic rings. The molecule has 1 aromatic heterocycles. The molecule has 1 unspecified atom stereocenters. The van der Waals surface area contributed by atoms with Gasteiger partial charge in [-0.05, 0) is 6.92 Å². The second-order valence-corrected chi connectivity index (χ2v) is 6.31. The van der Waals surface area contributed by atoms with Gasteiger partial charge in [0.2, 0.25) is 0 Å². The van der Waals surface area contributed by atoms with Gasteiger partial charge in [0.25, 0.3) is 12.0 Å². The van der Waals surface area contributed by atoms with Gasteiger partial charge in [-0.3, -0.25) is 23.9 Å². The van der Waals surface area contributed by atoms with Crippen molar-refractivity contribution in [2.75, 3.05) is 26.4 Å². The molecule has 0 bridgehead atoms. The van der Waals surface area contributed by atoms with Crippen LogP contribution in [0.3, 0.4) is 0 Å². The number of nitrogens with zero attached hydrogens (tertiary/aromatic N) is 1. The highest BCUT2D eigenvalue weighted by Crippen LogP contribution is 2.31. The summed E-state index contributed by atoms with van der Waals surface area (Å²) in [5.41, 5.74) is -1.43. The zero-order valence-electron chi connectivity index (χ0n) is 16.9. The first kappa shape index (κ1) is 24.7. The monoisotopic (exact) mass is 444 g/mol. The molecule has 1 aliphatic heterocycles. The summed E-state index contributed by atoms with van der Waals surface area (Å²) in [4.78, 5) is 47.2. The van der Waals surface area contributed by atoms with Crippen molar-refractivity contribution in [3.63, 3.8) is 0 Å². The summed E-state index contributed by atoms with van der Waals surface area (Å²) in [6.07, 6.45) is -3.90. The number of rotatable bonds is 11. The van der Waals surface area contributed by atoms with Crippen LogP contribution in [0.4, 0.5) is 0 Å². The smallest absolute Gasteiger partial charge is 0.330 e. The van der Waals surface area contributed by atoms with Crippen LogP contribution in [0.15, 0.2) is 21.9 Å². The fourth-order valence-electron chi connectivity index (χ4n) is 2.59. The average Bonchev–Trinajstić information content (AvgIpc) is 2.96. The SMILES string of the molecule is [CH][C@H]1O[C@@H](n2ccc(=O)[nH]c2=O)C(OC(OCCOC(C)=O)OCCOC(C)=O)[C@H]1O. The molecular weight excluding hydrogens is 420 g/mol. The van der Waals surface area contributed by atoms with Crippen LogP contribution in [-0.2, 0) is 38.0 Å². The van der Waals surface area contributed by atoms with E-state index in [0.717, 1.165) is 16.8 Å². The number of carbonyl (C=O) groups is 2. The lowest BCUT2D eigenvalue weighted by molar-refractivity contribution is -0.321. The first-order valence-corrected chi connectivity index (χ1v) is 9.25. The Morgan fingerprint density at radius 2 is 1.74 bits per heavy atom. The van der Waals surface area contributed by atoms with Crippen molar-refractivity contribution < 1.29 is 43.1 Å². The van der Waals surface area contributed by atoms with Gasteiger partial charge >= 0.3 is 17.6 Å². The van der Waals surface area contributed by atoms with Gasteiger partial charge in [-0.2, -0.15) is 0 Å². The molecule has 13 heteroatoms. The number of nitrogens with one attached hydrogen (secondary N) is 1. The molecule has 1 saturated heterocycles. The lowest BCUT2D eigenvalue weighted by Crippen LogP contribution is -2.42. The first-order valence-electron chi connectivity index (χ1n) is 9.25. The summed E-state index contributed by atoms with van der Waals surface area (Å²) in [6.45, 7) is 6.29. The molecule has 4 atom stereocenters. The molecule has 0 aliphatic carbocycles. The second kappa shape index (κ2) is 11.7. The Bertz CT molecular complexity index is 829. The number of H-pyrrole nitrogens is 1. The Morgan fingerprint density at radius 3 is 2.26 bits per heavy atom. The molecule has 0 aromatic carbocycles. The maximum absolute atomic E-state index is 12.1. The Hall–Kier alpha value is -2.58. The number of aliphatic hydroxyl groups is 1. The van der Waals surface area contributed by atoms with E-state index >= 15 is 0 Å². The largest absolute Gasteiger partial charge is 0.463 e. The van der Waals surface area contributed by atoms with Gasteiger partial charge in [0.15, 0.2) is 6.23 Å². The van der Waals surface area contributed by atoms with Crippen LogP contribution >= 0.6 is 0 Å². The van der Waals surface area contributed by atoms with Crippen molar-refractivity contribution in [1.29, 1.82) is 0 Å². The van der Waals surface area contributed by atoms with Crippen LogP contribution in [-0.4, -0.2) is 77.8 Å². The van der Waals surface area contributed by atoms with Gasteiger partial charge in [0.1, 0.15) is 25.4 Å². The van der Waals surface area contributed by atoms with Crippen molar-refractivity contribution in [3.8, 4) is 0 Å². The van der Waals surface area contributed by atoms with E-state index in [1.807, 2.05) is 0 Å².